The molecule has 1 rings (SSSR count). The van der Waals surface area contributed by atoms with Crippen molar-refractivity contribution in [2.24, 2.45) is 0 Å². The molecule has 0 heterocycles. The quantitative estimate of drug-likeness (QED) is 0.584. The molecule has 0 aromatic heterocycles. The lowest BCUT2D eigenvalue weighted by Crippen LogP contribution is -2.04. The van der Waals surface area contributed by atoms with E-state index in [1.807, 2.05) is 0 Å². The van der Waals surface area contributed by atoms with Crippen LogP contribution in [-0.4, -0.2) is 6.61 Å². The SMILES string of the molecule is CC/C=C\CC(CC)c1cc(C)cc(C)c1OCC. The Kier molecular flexibility index (Phi) is 6.69. The first-order valence-corrected chi connectivity index (χ1v) is 7.52. The van der Waals surface area contributed by atoms with Gasteiger partial charge in [0.05, 0.1) is 6.61 Å². The zero-order chi connectivity index (χ0) is 14.3. The van der Waals surface area contributed by atoms with E-state index in [1.165, 1.54) is 16.7 Å². The molecule has 0 aliphatic rings. The molecule has 1 unspecified atom stereocenters. The Morgan fingerprint density at radius 2 is 1.84 bits per heavy atom. The van der Waals surface area contributed by atoms with Crippen LogP contribution in [0.15, 0.2) is 24.3 Å². The van der Waals surface area contributed by atoms with Gasteiger partial charge in [-0.15, -0.1) is 0 Å². The van der Waals surface area contributed by atoms with E-state index in [2.05, 4.69) is 58.9 Å². The fraction of sp³-hybridized carbons (Fsp3) is 0.556. The standard InChI is InChI=1S/C18H28O/c1-6-9-10-11-16(7-2)17-13-14(4)12-15(5)18(17)19-8-3/h9-10,12-13,16H,6-8,11H2,1-5H3/b10-9-. The molecule has 1 nitrogen and oxygen atoms in total. The lowest BCUT2D eigenvalue weighted by Gasteiger charge is -2.20. The van der Waals surface area contributed by atoms with E-state index in [9.17, 15) is 0 Å². The van der Waals surface area contributed by atoms with Crippen molar-refractivity contribution in [3.05, 3.63) is 41.0 Å². The Bertz CT molecular complexity index is 418. The van der Waals surface area contributed by atoms with Crippen LogP contribution < -0.4 is 4.74 Å². The van der Waals surface area contributed by atoms with E-state index >= 15 is 0 Å². The topological polar surface area (TPSA) is 9.23 Å². The van der Waals surface area contributed by atoms with Crippen LogP contribution in [0.2, 0.25) is 0 Å². The molecular weight excluding hydrogens is 232 g/mol. The average Bonchev–Trinajstić information content (AvgIpc) is 2.38. The Hall–Kier alpha value is -1.24. The summed E-state index contributed by atoms with van der Waals surface area (Å²) < 4.78 is 5.89. The van der Waals surface area contributed by atoms with Crippen LogP contribution in [0.5, 0.6) is 5.75 Å². The summed E-state index contributed by atoms with van der Waals surface area (Å²) >= 11 is 0. The second kappa shape index (κ2) is 8.04. The van der Waals surface area contributed by atoms with E-state index in [4.69, 9.17) is 4.74 Å². The summed E-state index contributed by atoms with van der Waals surface area (Å²) in [7, 11) is 0. The average molecular weight is 260 g/mol. The lowest BCUT2D eigenvalue weighted by molar-refractivity contribution is 0.331. The molecule has 0 saturated heterocycles. The molecule has 0 radical (unpaired) electrons. The minimum absolute atomic E-state index is 0.558. The van der Waals surface area contributed by atoms with Crippen molar-refractivity contribution in [3.8, 4) is 5.75 Å². The molecule has 1 aromatic rings. The Morgan fingerprint density at radius 3 is 2.42 bits per heavy atom. The summed E-state index contributed by atoms with van der Waals surface area (Å²) in [5, 5.41) is 0. The van der Waals surface area contributed by atoms with E-state index in [0.717, 1.165) is 31.6 Å². The molecule has 106 valence electrons. The van der Waals surface area contributed by atoms with Gasteiger partial charge in [0.25, 0.3) is 0 Å². The van der Waals surface area contributed by atoms with Gasteiger partial charge in [0.15, 0.2) is 0 Å². The molecule has 0 N–H and O–H groups in total. The molecule has 0 amide bonds. The number of allylic oxidation sites excluding steroid dienone is 2. The van der Waals surface area contributed by atoms with Crippen LogP contribution in [0.4, 0.5) is 0 Å². The summed E-state index contributed by atoms with van der Waals surface area (Å²) in [6.07, 6.45) is 7.93. The summed E-state index contributed by atoms with van der Waals surface area (Å²) in [5.74, 6) is 1.66. The largest absolute Gasteiger partial charge is 0.493 e. The number of hydrogen-bond donors (Lipinski definition) is 0. The molecule has 0 aliphatic carbocycles. The molecule has 1 aromatic carbocycles. The van der Waals surface area contributed by atoms with Crippen molar-refractivity contribution in [2.45, 2.75) is 59.8 Å². The maximum atomic E-state index is 5.89. The number of aryl methyl sites for hydroxylation is 2. The first-order valence-electron chi connectivity index (χ1n) is 7.52. The van der Waals surface area contributed by atoms with E-state index in [0.29, 0.717) is 5.92 Å². The first-order chi connectivity index (χ1) is 9.13. The molecule has 0 bridgehead atoms. The third kappa shape index (κ3) is 4.41. The van der Waals surface area contributed by atoms with Crippen LogP contribution >= 0.6 is 0 Å². The van der Waals surface area contributed by atoms with Gasteiger partial charge in [-0.05, 0) is 57.1 Å². The monoisotopic (exact) mass is 260 g/mol. The summed E-state index contributed by atoms with van der Waals surface area (Å²) in [6, 6.07) is 4.51. The van der Waals surface area contributed by atoms with Crippen molar-refractivity contribution in [1.82, 2.24) is 0 Å². The van der Waals surface area contributed by atoms with Gasteiger partial charge in [0.1, 0.15) is 5.75 Å². The molecule has 0 fully saturated rings. The fourth-order valence-electron chi connectivity index (χ4n) is 2.57. The van der Waals surface area contributed by atoms with Crippen molar-refractivity contribution in [1.29, 1.82) is 0 Å². The van der Waals surface area contributed by atoms with E-state index in [1.54, 1.807) is 0 Å². The summed E-state index contributed by atoms with van der Waals surface area (Å²) in [4.78, 5) is 0. The van der Waals surface area contributed by atoms with E-state index in [-0.39, 0.29) is 0 Å². The molecule has 1 heteroatoms. The van der Waals surface area contributed by atoms with Crippen molar-refractivity contribution in [2.75, 3.05) is 6.61 Å². The Labute approximate surface area is 118 Å². The highest BCUT2D eigenvalue weighted by Gasteiger charge is 2.16. The summed E-state index contributed by atoms with van der Waals surface area (Å²) in [6.45, 7) is 11.5. The Balaban J connectivity index is 3.09. The highest BCUT2D eigenvalue weighted by Crippen LogP contribution is 2.35. The third-order valence-electron chi connectivity index (χ3n) is 3.49. The minimum atomic E-state index is 0.558. The molecule has 19 heavy (non-hydrogen) atoms. The summed E-state index contributed by atoms with van der Waals surface area (Å²) in [5.41, 5.74) is 3.96. The number of hydrogen-bond acceptors (Lipinski definition) is 1. The predicted molar refractivity (Wildman–Crippen MR) is 84.2 cm³/mol. The molecule has 0 aliphatic heterocycles. The zero-order valence-electron chi connectivity index (χ0n) is 13.1. The zero-order valence-corrected chi connectivity index (χ0v) is 13.1. The van der Waals surface area contributed by atoms with Gasteiger partial charge in [-0.1, -0.05) is 43.7 Å². The van der Waals surface area contributed by atoms with Crippen molar-refractivity contribution >= 4 is 0 Å². The normalized spacial score (nSPS) is 12.9. The van der Waals surface area contributed by atoms with E-state index < -0.39 is 0 Å². The van der Waals surface area contributed by atoms with Crippen molar-refractivity contribution < 1.29 is 4.74 Å². The molecule has 0 spiro atoms. The maximum Gasteiger partial charge on any atom is 0.125 e. The molecule has 0 saturated carbocycles. The molecular formula is C18H28O. The van der Waals surface area contributed by atoms with Crippen LogP contribution in [0.1, 0.15) is 62.6 Å². The highest BCUT2D eigenvalue weighted by atomic mass is 16.5. The van der Waals surface area contributed by atoms with Crippen LogP contribution in [0.25, 0.3) is 0 Å². The minimum Gasteiger partial charge on any atom is -0.493 e. The van der Waals surface area contributed by atoms with Gasteiger partial charge < -0.3 is 4.74 Å². The van der Waals surface area contributed by atoms with Gasteiger partial charge in [-0.3, -0.25) is 0 Å². The molecule has 1 atom stereocenters. The van der Waals surface area contributed by atoms with Gasteiger partial charge in [0, 0.05) is 0 Å². The first kappa shape index (κ1) is 15.8. The predicted octanol–water partition coefficient (Wildman–Crippen LogP) is 5.55. The maximum absolute atomic E-state index is 5.89. The second-order valence-electron chi connectivity index (χ2n) is 5.15. The van der Waals surface area contributed by atoms with Gasteiger partial charge >= 0.3 is 0 Å². The second-order valence-corrected chi connectivity index (χ2v) is 5.15. The van der Waals surface area contributed by atoms with Gasteiger partial charge in [-0.25, -0.2) is 0 Å². The smallest absolute Gasteiger partial charge is 0.125 e. The van der Waals surface area contributed by atoms with Crippen LogP contribution in [0.3, 0.4) is 0 Å². The number of ether oxygens (including phenoxy) is 1. The lowest BCUT2D eigenvalue weighted by atomic mass is 9.89. The highest BCUT2D eigenvalue weighted by molar-refractivity contribution is 5.46. The van der Waals surface area contributed by atoms with Crippen LogP contribution in [-0.2, 0) is 0 Å². The van der Waals surface area contributed by atoms with Crippen LogP contribution in [0, 0.1) is 13.8 Å². The van der Waals surface area contributed by atoms with Gasteiger partial charge in [0.2, 0.25) is 0 Å². The van der Waals surface area contributed by atoms with Gasteiger partial charge in [-0.2, -0.15) is 0 Å². The van der Waals surface area contributed by atoms with Crippen molar-refractivity contribution in [3.63, 3.8) is 0 Å². The number of rotatable bonds is 7. The number of benzene rings is 1. The fourth-order valence-corrected chi connectivity index (χ4v) is 2.57. The Morgan fingerprint density at radius 1 is 1.11 bits per heavy atom. The third-order valence-corrected chi connectivity index (χ3v) is 3.49.